The third-order valence-corrected chi connectivity index (χ3v) is 5.76. The van der Waals surface area contributed by atoms with E-state index in [0.717, 1.165) is 29.7 Å². The van der Waals surface area contributed by atoms with Gasteiger partial charge in [0, 0.05) is 12.4 Å². The van der Waals surface area contributed by atoms with Crippen molar-refractivity contribution in [3.8, 4) is 5.75 Å². The Hall–Kier alpha value is -4.00. The number of aryl methyl sites for hydroxylation is 1. The Kier molecular flexibility index (Phi) is 5.38. The van der Waals surface area contributed by atoms with Crippen molar-refractivity contribution in [2.45, 2.75) is 32.7 Å². The second-order valence-corrected chi connectivity index (χ2v) is 8.07. The summed E-state index contributed by atoms with van der Waals surface area (Å²) < 4.78 is 11.7. The van der Waals surface area contributed by atoms with Crippen LogP contribution in [0.15, 0.2) is 70.1 Å². The zero-order valence-corrected chi connectivity index (χ0v) is 18.4. The van der Waals surface area contributed by atoms with Crippen LogP contribution in [0.3, 0.4) is 0 Å². The van der Waals surface area contributed by atoms with Gasteiger partial charge in [-0.3, -0.25) is 14.5 Å². The summed E-state index contributed by atoms with van der Waals surface area (Å²) in [6.45, 7) is 4.66. The van der Waals surface area contributed by atoms with Crippen LogP contribution in [0.5, 0.6) is 5.75 Å². The molecule has 166 valence electrons. The third kappa shape index (κ3) is 3.65. The highest BCUT2D eigenvalue weighted by Crippen LogP contribution is 2.40. The molecule has 1 unspecified atom stereocenters. The van der Waals surface area contributed by atoms with Gasteiger partial charge in [-0.2, -0.15) is 0 Å². The van der Waals surface area contributed by atoms with E-state index >= 15 is 0 Å². The smallest absolute Gasteiger partial charge is 0.297 e. The summed E-state index contributed by atoms with van der Waals surface area (Å²) in [5, 5.41) is 0.446. The van der Waals surface area contributed by atoms with Gasteiger partial charge in [0.05, 0.1) is 23.6 Å². The number of unbranched alkanes of at least 4 members (excludes halogenated alkanes) is 1. The molecule has 4 aromatic rings. The van der Waals surface area contributed by atoms with Crippen LogP contribution >= 0.6 is 0 Å². The maximum atomic E-state index is 13.6. The fourth-order valence-corrected chi connectivity index (χ4v) is 4.10. The maximum Gasteiger partial charge on any atom is 0.297 e. The molecule has 0 radical (unpaired) electrons. The maximum absolute atomic E-state index is 13.6. The van der Waals surface area contributed by atoms with Crippen molar-refractivity contribution in [1.82, 2.24) is 9.97 Å². The summed E-state index contributed by atoms with van der Waals surface area (Å²) in [6.07, 6.45) is 5.15. The summed E-state index contributed by atoms with van der Waals surface area (Å²) in [5.74, 6) is 0.531. The Bertz CT molecular complexity index is 1380. The molecule has 0 spiro atoms. The fraction of sp³-hybridized carbons (Fsp3) is 0.231. The molecule has 0 bridgehead atoms. The quantitative estimate of drug-likeness (QED) is 0.399. The molecule has 0 aliphatic carbocycles. The molecule has 5 rings (SSSR count). The summed E-state index contributed by atoms with van der Waals surface area (Å²) in [7, 11) is 0. The molecule has 0 saturated carbocycles. The molecule has 0 saturated heterocycles. The van der Waals surface area contributed by atoms with Gasteiger partial charge in [0.25, 0.3) is 5.91 Å². The number of fused-ring (bicyclic) bond motifs is 2. The van der Waals surface area contributed by atoms with Gasteiger partial charge in [0.2, 0.25) is 11.7 Å². The number of benzene rings is 2. The van der Waals surface area contributed by atoms with Gasteiger partial charge in [0.15, 0.2) is 5.43 Å². The van der Waals surface area contributed by atoms with Crippen LogP contribution in [0.1, 0.15) is 53.1 Å². The van der Waals surface area contributed by atoms with Gasteiger partial charge in [-0.25, -0.2) is 9.97 Å². The van der Waals surface area contributed by atoms with Crippen molar-refractivity contribution in [3.05, 3.63) is 93.6 Å². The molecular weight excluding hydrogens is 418 g/mol. The minimum atomic E-state index is -0.708. The SMILES string of the molecule is CCCCOc1ccc(C2c3c(oc4ccc(C)cc4c3=O)C(=O)N2c2ncccn2)cc1. The van der Waals surface area contributed by atoms with Crippen LogP contribution in [0.4, 0.5) is 5.95 Å². The van der Waals surface area contributed by atoms with Crippen molar-refractivity contribution in [2.24, 2.45) is 0 Å². The predicted octanol–water partition coefficient (Wildman–Crippen LogP) is 4.82. The topological polar surface area (TPSA) is 85.5 Å². The molecule has 2 aromatic heterocycles. The molecule has 2 aromatic carbocycles. The van der Waals surface area contributed by atoms with Gasteiger partial charge >= 0.3 is 0 Å². The third-order valence-electron chi connectivity index (χ3n) is 5.76. The average Bonchev–Trinajstić information content (AvgIpc) is 3.13. The fourth-order valence-electron chi connectivity index (χ4n) is 4.10. The predicted molar refractivity (Wildman–Crippen MR) is 125 cm³/mol. The monoisotopic (exact) mass is 441 g/mol. The standard InChI is InChI=1S/C26H23N3O4/c1-3-4-14-32-18-9-7-17(8-10-18)22-21-23(30)19-15-16(2)6-11-20(19)33-24(21)25(31)29(22)26-27-12-5-13-28-26/h5-13,15,22H,3-4,14H2,1-2H3. The van der Waals surface area contributed by atoms with Crippen molar-refractivity contribution >= 4 is 22.8 Å². The zero-order valence-electron chi connectivity index (χ0n) is 18.4. The lowest BCUT2D eigenvalue weighted by molar-refractivity contribution is 0.0969. The zero-order chi connectivity index (χ0) is 22.9. The normalized spacial score (nSPS) is 15.2. The highest BCUT2D eigenvalue weighted by atomic mass is 16.5. The van der Waals surface area contributed by atoms with Crippen molar-refractivity contribution in [2.75, 3.05) is 11.5 Å². The molecule has 33 heavy (non-hydrogen) atoms. The van der Waals surface area contributed by atoms with Crippen LogP contribution < -0.4 is 15.1 Å². The first-order valence-corrected chi connectivity index (χ1v) is 11.0. The highest BCUT2D eigenvalue weighted by molar-refractivity contribution is 6.09. The van der Waals surface area contributed by atoms with Gasteiger partial charge < -0.3 is 9.15 Å². The van der Waals surface area contributed by atoms with Crippen LogP contribution in [-0.2, 0) is 0 Å². The Morgan fingerprint density at radius 2 is 1.82 bits per heavy atom. The summed E-state index contributed by atoms with van der Waals surface area (Å²) in [6, 6.07) is 13.8. The Balaban J connectivity index is 1.67. The van der Waals surface area contributed by atoms with E-state index < -0.39 is 11.9 Å². The van der Waals surface area contributed by atoms with Gasteiger partial charge in [0.1, 0.15) is 11.3 Å². The first kappa shape index (κ1) is 20.9. The first-order chi connectivity index (χ1) is 16.1. The summed E-state index contributed by atoms with van der Waals surface area (Å²) in [4.78, 5) is 37.1. The highest BCUT2D eigenvalue weighted by Gasteiger charge is 2.44. The Morgan fingerprint density at radius 3 is 2.55 bits per heavy atom. The lowest BCUT2D eigenvalue weighted by atomic mass is 9.98. The van der Waals surface area contributed by atoms with E-state index in [0.29, 0.717) is 23.1 Å². The molecule has 1 amide bonds. The van der Waals surface area contributed by atoms with Crippen LogP contribution in [0, 0.1) is 6.92 Å². The number of carbonyl (C=O) groups is 1. The number of hydrogen-bond donors (Lipinski definition) is 0. The number of hydrogen-bond acceptors (Lipinski definition) is 6. The van der Waals surface area contributed by atoms with E-state index in [2.05, 4.69) is 16.9 Å². The Morgan fingerprint density at radius 1 is 1.06 bits per heavy atom. The number of rotatable bonds is 6. The molecule has 1 aliphatic rings. The number of nitrogens with zero attached hydrogens (tertiary/aromatic N) is 3. The molecule has 0 N–H and O–H groups in total. The number of aromatic nitrogens is 2. The average molecular weight is 441 g/mol. The summed E-state index contributed by atoms with van der Waals surface area (Å²) in [5.41, 5.74) is 2.14. The van der Waals surface area contributed by atoms with E-state index in [9.17, 15) is 9.59 Å². The molecule has 1 atom stereocenters. The molecule has 7 nitrogen and oxygen atoms in total. The lowest BCUT2D eigenvalue weighted by Gasteiger charge is -2.23. The number of amides is 1. The Labute approximate surface area is 190 Å². The second-order valence-electron chi connectivity index (χ2n) is 8.07. The van der Waals surface area contributed by atoms with Gasteiger partial charge in [-0.05, 0) is 49.2 Å². The second kappa shape index (κ2) is 8.50. The number of carbonyl (C=O) groups excluding carboxylic acids is 1. The van der Waals surface area contributed by atoms with E-state index in [1.165, 1.54) is 4.90 Å². The van der Waals surface area contributed by atoms with Crippen molar-refractivity contribution < 1.29 is 13.9 Å². The molecule has 7 heteroatoms. The van der Waals surface area contributed by atoms with Crippen LogP contribution in [-0.4, -0.2) is 22.5 Å². The van der Waals surface area contributed by atoms with Crippen LogP contribution in [0.2, 0.25) is 0 Å². The lowest BCUT2D eigenvalue weighted by Crippen LogP contribution is -2.31. The molecule has 3 heterocycles. The van der Waals surface area contributed by atoms with Crippen molar-refractivity contribution in [1.29, 1.82) is 0 Å². The van der Waals surface area contributed by atoms with Crippen LogP contribution in [0.25, 0.3) is 11.0 Å². The molecular formula is C26H23N3O4. The summed E-state index contributed by atoms with van der Waals surface area (Å²) >= 11 is 0. The first-order valence-electron chi connectivity index (χ1n) is 11.0. The minimum Gasteiger partial charge on any atom is -0.494 e. The van der Waals surface area contributed by atoms with E-state index in [4.69, 9.17) is 9.15 Å². The number of ether oxygens (including phenoxy) is 1. The molecule has 0 fully saturated rings. The minimum absolute atomic E-state index is 0.0251. The van der Waals surface area contributed by atoms with Gasteiger partial charge in [-0.15, -0.1) is 0 Å². The number of anilines is 1. The van der Waals surface area contributed by atoms with E-state index in [-0.39, 0.29) is 17.1 Å². The molecule has 1 aliphatic heterocycles. The largest absolute Gasteiger partial charge is 0.494 e. The van der Waals surface area contributed by atoms with Crippen molar-refractivity contribution in [3.63, 3.8) is 0 Å². The van der Waals surface area contributed by atoms with E-state index in [1.807, 2.05) is 37.3 Å². The van der Waals surface area contributed by atoms with Gasteiger partial charge in [-0.1, -0.05) is 37.1 Å². The van der Waals surface area contributed by atoms with E-state index in [1.54, 1.807) is 30.6 Å².